The van der Waals surface area contributed by atoms with E-state index >= 15 is 0 Å². The van der Waals surface area contributed by atoms with E-state index in [2.05, 4.69) is 0 Å². The summed E-state index contributed by atoms with van der Waals surface area (Å²) in [5.41, 5.74) is 1.76. The van der Waals surface area contributed by atoms with Gasteiger partial charge >= 0.3 is 5.97 Å². The first-order valence-electron chi connectivity index (χ1n) is 7.73. The number of methoxy groups -OCH3 is 1. The summed E-state index contributed by atoms with van der Waals surface area (Å²) < 4.78 is 10.9. The molecule has 0 heterocycles. The lowest BCUT2D eigenvalue weighted by atomic mass is 10.0. The Balaban J connectivity index is 2.22. The van der Waals surface area contributed by atoms with Crippen LogP contribution in [0.4, 0.5) is 0 Å². The molecule has 1 unspecified atom stereocenters. The summed E-state index contributed by atoms with van der Waals surface area (Å²) in [6.45, 7) is 4.09. The van der Waals surface area contributed by atoms with Crippen molar-refractivity contribution < 1.29 is 19.4 Å². The fourth-order valence-electron chi connectivity index (χ4n) is 2.45. The molecule has 0 aliphatic rings. The summed E-state index contributed by atoms with van der Waals surface area (Å²) in [5.74, 6) is 0.379. The fourth-order valence-corrected chi connectivity index (χ4v) is 2.73. The average molecular weight is 349 g/mol. The number of carbonyl (C=O) groups is 1. The highest BCUT2D eigenvalue weighted by Gasteiger charge is 2.22. The lowest BCUT2D eigenvalue weighted by molar-refractivity contribution is -0.145. The predicted molar refractivity (Wildman–Crippen MR) is 94.3 cm³/mol. The SMILES string of the molecule is COc1ccc(CC(Oc2ccccc2C(C)C)C(=O)O)cc1Cl. The summed E-state index contributed by atoms with van der Waals surface area (Å²) in [6.07, 6.45) is -0.778. The maximum atomic E-state index is 11.6. The highest BCUT2D eigenvalue weighted by atomic mass is 35.5. The molecule has 0 bridgehead atoms. The first-order chi connectivity index (χ1) is 11.4. The molecule has 128 valence electrons. The average Bonchev–Trinajstić information content (AvgIpc) is 2.54. The molecule has 0 aliphatic heterocycles. The molecule has 0 aliphatic carbocycles. The van der Waals surface area contributed by atoms with E-state index < -0.39 is 12.1 Å². The molecule has 1 N–H and O–H groups in total. The van der Waals surface area contributed by atoms with Gasteiger partial charge in [0.25, 0.3) is 0 Å². The van der Waals surface area contributed by atoms with Gasteiger partial charge in [0.15, 0.2) is 6.10 Å². The van der Waals surface area contributed by atoms with Crippen molar-refractivity contribution in [3.63, 3.8) is 0 Å². The van der Waals surface area contributed by atoms with E-state index in [1.165, 1.54) is 7.11 Å². The smallest absolute Gasteiger partial charge is 0.345 e. The number of carboxylic acids is 1. The van der Waals surface area contributed by atoms with Crippen molar-refractivity contribution in [2.24, 2.45) is 0 Å². The molecular formula is C19H21ClO4. The monoisotopic (exact) mass is 348 g/mol. The standard InChI is InChI=1S/C19H21ClO4/c1-12(2)14-6-4-5-7-16(14)24-18(19(21)22)11-13-8-9-17(23-3)15(20)10-13/h4-10,12,18H,11H2,1-3H3,(H,21,22). The van der Waals surface area contributed by atoms with E-state index in [9.17, 15) is 9.90 Å². The number of aliphatic carboxylic acids is 1. The topological polar surface area (TPSA) is 55.8 Å². The Morgan fingerprint density at radius 1 is 1.17 bits per heavy atom. The van der Waals surface area contributed by atoms with Gasteiger partial charge in [0.05, 0.1) is 12.1 Å². The molecule has 2 rings (SSSR count). The molecule has 0 fully saturated rings. The Morgan fingerprint density at radius 2 is 1.88 bits per heavy atom. The van der Waals surface area contributed by atoms with Crippen LogP contribution in [0.15, 0.2) is 42.5 Å². The van der Waals surface area contributed by atoms with Gasteiger partial charge in [-0.1, -0.05) is 49.7 Å². The zero-order valence-electron chi connectivity index (χ0n) is 14.0. The third-order valence-corrected chi connectivity index (χ3v) is 4.02. The van der Waals surface area contributed by atoms with Crippen LogP contribution < -0.4 is 9.47 Å². The van der Waals surface area contributed by atoms with Crippen LogP contribution >= 0.6 is 11.6 Å². The van der Waals surface area contributed by atoms with Crippen LogP contribution in [0.3, 0.4) is 0 Å². The van der Waals surface area contributed by atoms with Crippen LogP contribution in [0.2, 0.25) is 5.02 Å². The van der Waals surface area contributed by atoms with E-state index in [1.807, 2.05) is 32.0 Å². The Hall–Kier alpha value is -2.20. The lowest BCUT2D eigenvalue weighted by Gasteiger charge is -2.19. The molecule has 1 atom stereocenters. The quantitative estimate of drug-likeness (QED) is 0.797. The van der Waals surface area contributed by atoms with Crippen molar-refractivity contribution >= 4 is 17.6 Å². The highest BCUT2D eigenvalue weighted by Crippen LogP contribution is 2.29. The molecule has 0 amide bonds. The number of rotatable bonds is 7. The van der Waals surface area contributed by atoms with Crippen LogP contribution in [-0.2, 0) is 11.2 Å². The second-order valence-corrected chi connectivity index (χ2v) is 6.22. The molecule has 0 saturated carbocycles. The van der Waals surface area contributed by atoms with Gasteiger partial charge in [-0.2, -0.15) is 0 Å². The molecule has 0 saturated heterocycles. The normalized spacial score (nSPS) is 12.0. The van der Waals surface area contributed by atoms with Gasteiger partial charge in [-0.05, 0) is 35.2 Å². The zero-order valence-corrected chi connectivity index (χ0v) is 14.7. The van der Waals surface area contributed by atoms with Crippen molar-refractivity contribution in [3.8, 4) is 11.5 Å². The maximum absolute atomic E-state index is 11.6. The lowest BCUT2D eigenvalue weighted by Crippen LogP contribution is -2.29. The predicted octanol–water partition coefficient (Wildman–Crippen LogP) is 4.55. The minimum Gasteiger partial charge on any atom is -0.495 e. The molecule has 2 aromatic carbocycles. The van der Waals surface area contributed by atoms with Crippen molar-refractivity contribution in [2.75, 3.05) is 7.11 Å². The Labute approximate surface area is 147 Å². The summed E-state index contributed by atoms with van der Waals surface area (Å²) >= 11 is 6.11. The summed E-state index contributed by atoms with van der Waals surface area (Å²) in [7, 11) is 1.53. The van der Waals surface area contributed by atoms with E-state index in [1.54, 1.807) is 24.3 Å². The van der Waals surface area contributed by atoms with Gasteiger partial charge < -0.3 is 14.6 Å². The van der Waals surface area contributed by atoms with Crippen molar-refractivity contribution in [3.05, 3.63) is 58.6 Å². The number of carboxylic acid groups (broad SMARTS) is 1. The van der Waals surface area contributed by atoms with Gasteiger partial charge in [0, 0.05) is 6.42 Å². The zero-order chi connectivity index (χ0) is 17.7. The van der Waals surface area contributed by atoms with Crippen molar-refractivity contribution in [2.45, 2.75) is 32.3 Å². The van der Waals surface area contributed by atoms with Gasteiger partial charge in [0.2, 0.25) is 0 Å². The summed E-state index contributed by atoms with van der Waals surface area (Å²) in [6, 6.07) is 12.7. The number of hydrogen-bond acceptors (Lipinski definition) is 3. The van der Waals surface area contributed by atoms with Crippen LogP contribution in [0.1, 0.15) is 30.9 Å². The molecule has 0 aromatic heterocycles. The Bertz CT molecular complexity index is 712. The minimum absolute atomic E-state index is 0.214. The molecule has 5 heteroatoms. The number of ether oxygens (including phenoxy) is 2. The highest BCUT2D eigenvalue weighted by molar-refractivity contribution is 6.32. The molecule has 0 spiro atoms. The largest absolute Gasteiger partial charge is 0.495 e. The number of hydrogen-bond donors (Lipinski definition) is 1. The second-order valence-electron chi connectivity index (χ2n) is 5.81. The van der Waals surface area contributed by atoms with E-state index in [0.29, 0.717) is 16.5 Å². The van der Waals surface area contributed by atoms with E-state index in [0.717, 1.165) is 11.1 Å². The molecule has 24 heavy (non-hydrogen) atoms. The second kappa shape index (κ2) is 8.06. The maximum Gasteiger partial charge on any atom is 0.345 e. The molecule has 0 radical (unpaired) electrons. The van der Waals surface area contributed by atoms with Crippen LogP contribution in [-0.4, -0.2) is 24.3 Å². The third-order valence-electron chi connectivity index (χ3n) is 3.72. The van der Waals surface area contributed by atoms with Gasteiger partial charge in [-0.25, -0.2) is 4.79 Å². The molecular weight excluding hydrogens is 328 g/mol. The number of para-hydroxylation sites is 1. The summed E-state index contributed by atoms with van der Waals surface area (Å²) in [4.78, 5) is 11.6. The van der Waals surface area contributed by atoms with Crippen molar-refractivity contribution in [1.82, 2.24) is 0 Å². The van der Waals surface area contributed by atoms with Crippen LogP contribution in [0.25, 0.3) is 0 Å². The molecule has 2 aromatic rings. The number of benzene rings is 2. The van der Waals surface area contributed by atoms with Gasteiger partial charge in [-0.3, -0.25) is 0 Å². The fraction of sp³-hybridized carbons (Fsp3) is 0.316. The Morgan fingerprint density at radius 3 is 2.46 bits per heavy atom. The van der Waals surface area contributed by atoms with Crippen LogP contribution in [0, 0.1) is 0 Å². The summed E-state index contributed by atoms with van der Waals surface area (Å²) in [5, 5.41) is 9.96. The third kappa shape index (κ3) is 4.42. The van der Waals surface area contributed by atoms with Crippen LogP contribution in [0.5, 0.6) is 11.5 Å². The van der Waals surface area contributed by atoms with Gasteiger partial charge in [-0.15, -0.1) is 0 Å². The first-order valence-corrected chi connectivity index (χ1v) is 8.11. The van der Waals surface area contributed by atoms with Crippen molar-refractivity contribution in [1.29, 1.82) is 0 Å². The Kier molecular flexibility index (Phi) is 6.10. The number of halogens is 1. The van der Waals surface area contributed by atoms with E-state index in [4.69, 9.17) is 21.1 Å². The van der Waals surface area contributed by atoms with E-state index in [-0.39, 0.29) is 12.3 Å². The minimum atomic E-state index is -1.01. The first kappa shape index (κ1) is 18.1. The van der Waals surface area contributed by atoms with Gasteiger partial charge in [0.1, 0.15) is 11.5 Å². The molecule has 4 nitrogen and oxygen atoms in total.